The van der Waals surface area contributed by atoms with E-state index in [1.807, 2.05) is 18.2 Å². The summed E-state index contributed by atoms with van der Waals surface area (Å²) in [6.45, 7) is 7.15. The summed E-state index contributed by atoms with van der Waals surface area (Å²) in [6.07, 6.45) is 1.94. The first-order chi connectivity index (χ1) is 13.2. The minimum absolute atomic E-state index is 0.116. The van der Waals surface area contributed by atoms with E-state index in [1.165, 1.54) is 22.9 Å². The molecular weight excluding hydrogens is 354 g/mol. The Labute approximate surface area is 164 Å². The lowest BCUT2D eigenvalue weighted by Crippen LogP contribution is -3.13. The number of aliphatic imine (C=N–C) groups is 1. The van der Waals surface area contributed by atoms with Gasteiger partial charge >= 0.3 is 0 Å². The second-order valence-corrected chi connectivity index (χ2v) is 8.13. The smallest absolute Gasteiger partial charge is 0.286 e. The van der Waals surface area contributed by atoms with Crippen molar-refractivity contribution in [3.05, 3.63) is 76.2 Å². The molecule has 2 aliphatic rings. The summed E-state index contributed by atoms with van der Waals surface area (Å²) in [5, 5.41) is 0.858. The van der Waals surface area contributed by atoms with Crippen LogP contribution in [0.25, 0.3) is 6.08 Å². The van der Waals surface area contributed by atoms with Gasteiger partial charge in [-0.25, -0.2) is 0 Å². The van der Waals surface area contributed by atoms with Crippen LogP contribution in [0.2, 0.25) is 0 Å². The van der Waals surface area contributed by atoms with E-state index < -0.39 is 0 Å². The van der Waals surface area contributed by atoms with E-state index in [0.29, 0.717) is 4.91 Å². The molecule has 4 nitrogen and oxygen atoms in total. The number of thioether (sulfide) groups is 1. The highest BCUT2D eigenvalue weighted by molar-refractivity contribution is 8.18. The monoisotopic (exact) mass is 378 g/mol. The second kappa shape index (κ2) is 8.11. The maximum Gasteiger partial charge on any atom is 0.286 e. The minimum Gasteiger partial charge on any atom is -0.339 e. The predicted molar refractivity (Wildman–Crippen MR) is 112 cm³/mol. The summed E-state index contributed by atoms with van der Waals surface area (Å²) >= 11 is 1.51. The lowest BCUT2D eigenvalue weighted by atomic mass is 10.1. The van der Waals surface area contributed by atoms with Gasteiger partial charge in [0.15, 0.2) is 5.17 Å². The number of hydrogen-bond acceptors (Lipinski definition) is 3. The van der Waals surface area contributed by atoms with Crippen molar-refractivity contribution in [1.29, 1.82) is 0 Å². The molecule has 2 heterocycles. The third-order valence-corrected chi connectivity index (χ3v) is 6.07. The molecule has 1 amide bonds. The molecule has 2 aromatic rings. The summed E-state index contributed by atoms with van der Waals surface area (Å²) in [7, 11) is 0. The molecule has 27 heavy (non-hydrogen) atoms. The number of benzene rings is 2. The van der Waals surface area contributed by atoms with E-state index in [0.717, 1.165) is 43.5 Å². The first-order valence-corrected chi connectivity index (χ1v) is 10.2. The Kier molecular flexibility index (Phi) is 5.41. The molecule has 138 valence electrons. The molecule has 0 spiro atoms. The van der Waals surface area contributed by atoms with Crippen LogP contribution in [0, 0.1) is 6.92 Å². The van der Waals surface area contributed by atoms with Crippen molar-refractivity contribution in [2.75, 3.05) is 26.2 Å². The number of amides is 1. The van der Waals surface area contributed by atoms with Gasteiger partial charge in [0.1, 0.15) is 6.54 Å². The molecule has 2 aliphatic heterocycles. The third kappa shape index (κ3) is 4.49. The quantitative estimate of drug-likeness (QED) is 0.834. The number of amidine groups is 1. The number of piperazine rings is 1. The van der Waals surface area contributed by atoms with Crippen LogP contribution in [0.15, 0.2) is 64.5 Å². The van der Waals surface area contributed by atoms with Crippen molar-refractivity contribution in [1.82, 2.24) is 4.90 Å². The molecule has 1 saturated heterocycles. The molecule has 0 unspecified atom stereocenters. The van der Waals surface area contributed by atoms with E-state index in [4.69, 9.17) is 0 Å². The molecule has 0 atom stereocenters. The first-order valence-electron chi connectivity index (χ1n) is 9.39. The number of nitrogens with one attached hydrogen (secondary N) is 1. The highest BCUT2D eigenvalue weighted by Gasteiger charge is 2.29. The average molecular weight is 379 g/mol. The molecule has 0 radical (unpaired) electrons. The summed E-state index contributed by atoms with van der Waals surface area (Å²) in [6, 6.07) is 18.9. The van der Waals surface area contributed by atoms with Crippen LogP contribution in [-0.4, -0.2) is 42.2 Å². The maximum atomic E-state index is 12.3. The van der Waals surface area contributed by atoms with Gasteiger partial charge in [-0.15, -0.1) is 0 Å². The third-order valence-electron chi connectivity index (χ3n) is 5.02. The Morgan fingerprint density at radius 2 is 1.78 bits per heavy atom. The standard InChI is InChI=1S/C22H23N3OS/c1-17-7-9-18(10-8-17)15-20-21(26)23-22(27-20)25-13-11-24(12-14-25)16-19-5-3-2-4-6-19/h2-10,15H,11-14,16H2,1H3/p+1/b20-15+. The zero-order chi connectivity index (χ0) is 18.6. The summed E-state index contributed by atoms with van der Waals surface area (Å²) in [5.74, 6) is -0.116. The van der Waals surface area contributed by atoms with Gasteiger partial charge in [-0.2, -0.15) is 4.99 Å². The van der Waals surface area contributed by atoms with E-state index >= 15 is 0 Å². The fourth-order valence-corrected chi connectivity index (χ4v) is 4.39. The SMILES string of the molecule is Cc1ccc(/C=C2/SC(N3CC[NH+](Cc4ccccc4)CC3)=NC2=O)cc1. The Bertz CT molecular complexity index is 866. The van der Waals surface area contributed by atoms with Crippen LogP contribution in [0.5, 0.6) is 0 Å². The van der Waals surface area contributed by atoms with Crippen molar-refractivity contribution in [3.8, 4) is 0 Å². The summed E-state index contributed by atoms with van der Waals surface area (Å²) in [5.41, 5.74) is 3.65. The van der Waals surface area contributed by atoms with Gasteiger partial charge in [0, 0.05) is 5.56 Å². The van der Waals surface area contributed by atoms with E-state index in [9.17, 15) is 4.79 Å². The number of quaternary nitrogens is 1. The number of hydrogen-bond donors (Lipinski definition) is 1. The van der Waals surface area contributed by atoms with Gasteiger partial charge in [-0.3, -0.25) is 4.79 Å². The molecule has 1 fully saturated rings. The number of nitrogens with zero attached hydrogens (tertiary/aromatic N) is 2. The zero-order valence-electron chi connectivity index (χ0n) is 15.5. The zero-order valence-corrected chi connectivity index (χ0v) is 16.3. The normalized spacial score (nSPS) is 19.6. The Morgan fingerprint density at radius 3 is 2.48 bits per heavy atom. The predicted octanol–water partition coefficient (Wildman–Crippen LogP) is 2.37. The van der Waals surface area contributed by atoms with E-state index in [-0.39, 0.29) is 5.91 Å². The molecule has 5 heteroatoms. The van der Waals surface area contributed by atoms with Crippen molar-refractivity contribution in [2.24, 2.45) is 4.99 Å². The van der Waals surface area contributed by atoms with Crippen LogP contribution < -0.4 is 4.90 Å². The fourth-order valence-electron chi connectivity index (χ4n) is 3.42. The largest absolute Gasteiger partial charge is 0.339 e. The lowest BCUT2D eigenvalue weighted by Gasteiger charge is -2.32. The fraction of sp³-hybridized carbons (Fsp3) is 0.273. The van der Waals surface area contributed by atoms with Gasteiger partial charge in [-0.1, -0.05) is 60.2 Å². The molecule has 0 aliphatic carbocycles. The maximum absolute atomic E-state index is 12.3. The van der Waals surface area contributed by atoms with Crippen LogP contribution in [0.4, 0.5) is 0 Å². The van der Waals surface area contributed by atoms with Crippen LogP contribution in [0.1, 0.15) is 16.7 Å². The molecule has 0 aromatic heterocycles. The minimum atomic E-state index is -0.116. The Hall–Kier alpha value is -2.37. The Balaban J connectivity index is 1.34. The number of carbonyl (C=O) groups is 1. The highest BCUT2D eigenvalue weighted by Crippen LogP contribution is 2.30. The molecule has 2 aromatic carbocycles. The lowest BCUT2D eigenvalue weighted by molar-refractivity contribution is -0.917. The summed E-state index contributed by atoms with van der Waals surface area (Å²) < 4.78 is 0. The van der Waals surface area contributed by atoms with Crippen LogP contribution in [0.3, 0.4) is 0 Å². The van der Waals surface area contributed by atoms with Gasteiger partial charge < -0.3 is 9.80 Å². The first kappa shape index (κ1) is 18.0. The molecule has 0 bridgehead atoms. The Morgan fingerprint density at radius 1 is 1.07 bits per heavy atom. The van der Waals surface area contributed by atoms with Crippen molar-refractivity contribution in [2.45, 2.75) is 13.5 Å². The van der Waals surface area contributed by atoms with Gasteiger partial charge in [0.2, 0.25) is 0 Å². The van der Waals surface area contributed by atoms with Crippen molar-refractivity contribution < 1.29 is 9.69 Å². The van der Waals surface area contributed by atoms with Crippen LogP contribution >= 0.6 is 11.8 Å². The van der Waals surface area contributed by atoms with Crippen molar-refractivity contribution >= 4 is 28.9 Å². The summed E-state index contributed by atoms with van der Waals surface area (Å²) in [4.78, 5) is 21.2. The molecular formula is C22H24N3OS+. The van der Waals surface area contributed by atoms with Gasteiger partial charge in [0.05, 0.1) is 31.1 Å². The van der Waals surface area contributed by atoms with E-state index in [1.54, 1.807) is 4.90 Å². The number of aryl methyl sites for hydroxylation is 1. The topological polar surface area (TPSA) is 37.1 Å². The van der Waals surface area contributed by atoms with E-state index in [2.05, 4.69) is 59.3 Å². The highest BCUT2D eigenvalue weighted by atomic mass is 32.2. The van der Waals surface area contributed by atoms with Crippen molar-refractivity contribution in [3.63, 3.8) is 0 Å². The second-order valence-electron chi connectivity index (χ2n) is 7.12. The van der Waals surface area contributed by atoms with Gasteiger partial charge in [0.25, 0.3) is 5.91 Å². The number of rotatable bonds is 3. The average Bonchev–Trinajstić information content (AvgIpc) is 3.05. The number of carbonyl (C=O) groups excluding carboxylic acids is 1. The molecule has 0 saturated carbocycles. The van der Waals surface area contributed by atoms with Crippen LogP contribution in [-0.2, 0) is 11.3 Å². The van der Waals surface area contributed by atoms with Gasteiger partial charge in [-0.05, 0) is 30.3 Å². The molecule has 1 N–H and O–H groups in total. The molecule has 4 rings (SSSR count).